The molecule has 1 aromatic heterocycles. The highest BCUT2D eigenvalue weighted by molar-refractivity contribution is 6.40. The van der Waals surface area contributed by atoms with Gasteiger partial charge in [0.05, 0.1) is 47.3 Å². The van der Waals surface area contributed by atoms with E-state index in [9.17, 15) is 23.6 Å². The zero-order valence-electron chi connectivity index (χ0n) is 26.0. The molecule has 16 heteroatoms. The number of anilines is 2. The lowest BCUT2D eigenvalue weighted by molar-refractivity contribution is -0.137. The van der Waals surface area contributed by atoms with Crippen LogP contribution in [0.4, 0.5) is 15.8 Å². The predicted octanol–water partition coefficient (Wildman–Crippen LogP) is 5.19. The van der Waals surface area contributed by atoms with Crippen LogP contribution in [0.1, 0.15) is 51.0 Å². The summed E-state index contributed by atoms with van der Waals surface area (Å²) < 4.78 is 21.9. The first-order chi connectivity index (χ1) is 23.5. The summed E-state index contributed by atoms with van der Waals surface area (Å²) in [5.41, 5.74) is 2.23. The van der Waals surface area contributed by atoms with E-state index in [4.69, 9.17) is 38.2 Å². The van der Waals surface area contributed by atoms with Gasteiger partial charge in [-0.1, -0.05) is 47.5 Å². The molecule has 6 N–H and O–H groups in total. The third-order valence-corrected chi connectivity index (χ3v) is 8.58. The molecule has 0 saturated carbocycles. The van der Waals surface area contributed by atoms with Crippen LogP contribution in [0.25, 0.3) is 11.1 Å². The number of amides is 2. The van der Waals surface area contributed by atoms with Crippen LogP contribution in [0.5, 0.6) is 5.75 Å². The Morgan fingerprint density at radius 1 is 0.939 bits per heavy atom. The molecular weight excluding hydrogens is 682 g/mol. The van der Waals surface area contributed by atoms with Gasteiger partial charge < -0.3 is 30.9 Å². The smallest absolute Gasteiger partial charge is 0.317 e. The average molecular weight is 714 g/mol. The number of aliphatic carboxylic acids is 2. The highest BCUT2D eigenvalue weighted by Crippen LogP contribution is 2.40. The Morgan fingerprint density at radius 3 is 2.18 bits per heavy atom. The molecule has 1 atom stereocenters. The minimum absolute atomic E-state index is 0.0545. The van der Waals surface area contributed by atoms with Crippen molar-refractivity contribution in [2.24, 2.45) is 0 Å². The maximum Gasteiger partial charge on any atom is 0.317 e. The van der Waals surface area contributed by atoms with Crippen LogP contribution in [0.15, 0.2) is 54.6 Å². The fourth-order valence-corrected chi connectivity index (χ4v) is 6.01. The Bertz CT molecular complexity index is 1940. The van der Waals surface area contributed by atoms with E-state index in [1.807, 2.05) is 0 Å². The molecule has 13 nitrogen and oxygen atoms in total. The van der Waals surface area contributed by atoms with Crippen LogP contribution in [0, 0.1) is 5.82 Å². The van der Waals surface area contributed by atoms with E-state index in [1.165, 1.54) is 13.2 Å². The first-order valence-electron chi connectivity index (χ1n) is 15.0. The fraction of sp³-hybridized carbons (Fsp3) is 0.242. The topological polar surface area (TPSA) is 184 Å². The number of hydrogen-bond donors (Lipinski definition) is 6. The Labute approximate surface area is 289 Å². The van der Waals surface area contributed by atoms with E-state index in [0.717, 1.165) is 12.5 Å². The summed E-state index contributed by atoms with van der Waals surface area (Å²) in [6.45, 7) is -0.145. The SMILES string of the molecule is COc1cc(C(=O)Nc2cccc(-c3cccc(NC(=O)c4cc5n(n4)CCCC5NCC(=O)O)c3Cl)c2Cl)cc(F)c1CNCC(=O)O. The molecule has 0 fully saturated rings. The molecule has 2 amide bonds. The summed E-state index contributed by atoms with van der Waals surface area (Å²) >= 11 is 13.5. The molecule has 1 aliphatic heterocycles. The summed E-state index contributed by atoms with van der Waals surface area (Å²) in [5.74, 6) is -4.00. The normalized spacial score (nSPS) is 13.8. The molecule has 0 radical (unpaired) electrons. The number of hydrogen-bond acceptors (Lipinski definition) is 8. The van der Waals surface area contributed by atoms with Crippen molar-refractivity contribution in [1.29, 1.82) is 0 Å². The number of benzene rings is 3. The third-order valence-electron chi connectivity index (χ3n) is 7.76. The first kappa shape index (κ1) is 35.3. The number of rotatable bonds is 13. The molecule has 49 heavy (non-hydrogen) atoms. The van der Waals surface area contributed by atoms with Crippen LogP contribution in [0.3, 0.4) is 0 Å². The first-order valence-corrected chi connectivity index (χ1v) is 15.7. The number of ether oxygens (including phenoxy) is 1. The Morgan fingerprint density at radius 2 is 1.57 bits per heavy atom. The molecule has 2 heterocycles. The van der Waals surface area contributed by atoms with E-state index in [0.29, 0.717) is 29.8 Å². The van der Waals surface area contributed by atoms with Gasteiger partial charge in [0, 0.05) is 41.4 Å². The van der Waals surface area contributed by atoms with Gasteiger partial charge >= 0.3 is 11.9 Å². The van der Waals surface area contributed by atoms with Crippen LogP contribution >= 0.6 is 23.2 Å². The van der Waals surface area contributed by atoms with Gasteiger partial charge in [-0.05, 0) is 43.2 Å². The van der Waals surface area contributed by atoms with Crippen LogP contribution in [0.2, 0.25) is 10.0 Å². The summed E-state index contributed by atoms with van der Waals surface area (Å²) in [7, 11) is 1.30. The van der Waals surface area contributed by atoms with E-state index in [-0.39, 0.29) is 69.7 Å². The number of aromatic nitrogens is 2. The standard InChI is InChI=1S/C33H31Cl2FN6O7/c1-49-27-12-17(11-21(36)20(27)14-37-15-28(43)44)32(47)39-23-7-2-5-18(30(23)34)19-6-3-8-24(31(19)35)40-33(48)25-13-26-22(38-16-29(45)46)9-4-10-42(26)41-25/h2-3,5-8,11-13,22,37-38H,4,9-10,14-16H2,1H3,(H,39,47)(H,40,48)(H,43,44)(H,45,46). The second kappa shape index (κ2) is 15.5. The lowest BCUT2D eigenvalue weighted by atomic mass is 10.0. The molecule has 0 spiro atoms. The molecule has 3 aromatic carbocycles. The van der Waals surface area contributed by atoms with Gasteiger partial charge in [-0.3, -0.25) is 29.2 Å². The minimum Gasteiger partial charge on any atom is -0.496 e. The largest absolute Gasteiger partial charge is 0.496 e. The quantitative estimate of drug-likeness (QED) is 0.108. The summed E-state index contributed by atoms with van der Waals surface area (Å²) in [4.78, 5) is 48.3. The number of nitrogens with one attached hydrogen (secondary N) is 4. The lowest BCUT2D eigenvalue weighted by Gasteiger charge is -2.23. The van der Waals surface area contributed by atoms with E-state index in [2.05, 4.69) is 26.4 Å². The van der Waals surface area contributed by atoms with Gasteiger partial charge in [-0.25, -0.2) is 4.39 Å². The van der Waals surface area contributed by atoms with Crippen molar-refractivity contribution in [2.45, 2.75) is 32.0 Å². The second-order valence-electron chi connectivity index (χ2n) is 11.0. The van der Waals surface area contributed by atoms with E-state index in [1.54, 1.807) is 47.1 Å². The van der Waals surface area contributed by atoms with Crippen molar-refractivity contribution < 1.29 is 38.5 Å². The summed E-state index contributed by atoms with van der Waals surface area (Å²) in [6.07, 6.45) is 1.48. The number of aryl methyl sites for hydroxylation is 1. The predicted molar refractivity (Wildman–Crippen MR) is 180 cm³/mol. The molecule has 0 bridgehead atoms. The number of carboxylic acid groups (broad SMARTS) is 2. The average Bonchev–Trinajstić information content (AvgIpc) is 3.51. The molecule has 4 aromatic rings. The van der Waals surface area contributed by atoms with Crippen molar-refractivity contribution in [3.63, 3.8) is 0 Å². The Balaban J connectivity index is 1.34. The van der Waals surface area contributed by atoms with Crippen LogP contribution in [-0.2, 0) is 22.7 Å². The second-order valence-corrected chi connectivity index (χ2v) is 11.8. The van der Waals surface area contributed by atoms with Crippen LogP contribution < -0.4 is 26.0 Å². The van der Waals surface area contributed by atoms with Gasteiger partial charge in [-0.15, -0.1) is 0 Å². The van der Waals surface area contributed by atoms with Crippen molar-refractivity contribution in [3.05, 3.63) is 93.0 Å². The number of carbonyl (C=O) groups excluding carboxylic acids is 2. The third kappa shape index (κ3) is 8.17. The fourth-order valence-electron chi connectivity index (χ4n) is 5.46. The molecule has 256 valence electrons. The number of nitrogens with zero attached hydrogens (tertiary/aromatic N) is 2. The highest BCUT2D eigenvalue weighted by atomic mass is 35.5. The molecule has 1 unspecified atom stereocenters. The molecule has 5 rings (SSSR count). The molecule has 1 aliphatic rings. The van der Waals surface area contributed by atoms with E-state index < -0.39 is 29.6 Å². The minimum atomic E-state index is -1.11. The zero-order valence-corrected chi connectivity index (χ0v) is 27.5. The molecule has 0 saturated heterocycles. The van der Waals surface area contributed by atoms with E-state index >= 15 is 0 Å². The number of carboxylic acids is 2. The van der Waals surface area contributed by atoms with Crippen molar-refractivity contribution in [3.8, 4) is 16.9 Å². The number of fused-ring (bicyclic) bond motifs is 1. The number of carbonyl (C=O) groups is 4. The summed E-state index contributed by atoms with van der Waals surface area (Å²) in [5, 5.41) is 33.6. The maximum atomic E-state index is 15.0. The van der Waals surface area contributed by atoms with Crippen molar-refractivity contribution in [2.75, 3.05) is 30.8 Å². The van der Waals surface area contributed by atoms with Gasteiger partial charge in [-0.2, -0.15) is 5.10 Å². The Kier molecular flexibility index (Phi) is 11.1. The van der Waals surface area contributed by atoms with Gasteiger partial charge in [0.2, 0.25) is 0 Å². The molecular formula is C33H31Cl2FN6O7. The Hall–Kier alpha value is -5.02. The van der Waals surface area contributed by atoms with Crippen LogP contribution in [-0.4, -0.2) is 63.9 Å². The highest BCUT2D eigenvalue weighted by Gasteiger charge is 2.26. The zero-order chi connectivity index (χ0) is 35.2. The molecule has 0 aliphatic carbocycles. The number of halogens is 3. The van der Waals surface area contributed by atoms with Gasteiger partial charge in [0.25, 0.3) is 11.8 Å². The monoisotopic (exact) mass is 712 g/mol. The van der Waals surface area contributed by atoms with Gasteiger partial charge in [0.15, 0.2) is 5.69 Å². The lowest BCUT2D eigenvalue weighted by Crippen LogP contribution is -2.31. The van der Waals surface area contributed by atoms with Gasteiger partial charge in [0.1, 0.15) is 11.6 Å². The summed E-state index contributed by atoms with van der Waals surface area (Å²) in [6, 6.07) is 13.6. The van der Waals surface area contributed by atoms with Crippen molar-refractivity contribution in [1.82, 2.24) is 20.4 Å². The number of methoxy groups -OCH3 is 1. The maximum absolute atomic E-state index is 15.0. The van der Waals surface area contributed by atoms with Crippen molar-refractivity contribution >= 4 is 58.3 Å².